The van der Waals surface area contributed by atoms with Crippen LogP contribution in [0.1, 0.15) is 44.2 Å². The second-order valence-corrected chi connectivity index (χ2v) is 7.28. The maximum Gasteiger partial charge on any atom is 0.241 e. The first-order chi connectivity index (χ1) is 13.4. The fraction of sp³-hybridized carbons (Fsp3) is 0.571. The molecule has 1 heterocycles. The molecule has 2 rings (SSSR count). The van der Waals surface area contributed by atoms with Gasteiger partial charge >= 0.3 is 0 Å². The van der Waals surface area contributed by atoms with Crippen LogP contribution < -0.4 is 10.1 Å². The van der Waals surface area contributed by atoms with Gasteiger partial charge in [-0.05, 0) is 18.9 Å². The van der Waals surface area contributed by atoms with Gasteiger partial charge in [-0.3, -0.25) is 14.4 Å². The molecular formula is C21H31N3O4. The van der Waals surface area contributed by atoms with Crippen molar-refractivity contribution in [3.05, 3.63) is 29.8 Å². The number of likely N-dealkylation sites (N-methyl/N-ethyl adjacent to an activating group) is 1. The highest BCUT2D eigenvalue weighted by Crippen LogP contribution is 2.40. The number of nitrogens with one attached hydrogen (secondary N) is 1. The van der Waals surface area contributed by atoms with Crippen LogP contribution >= 0.6 is 0 Å². The van der Waals surface area contributed by atoms with Crippen molar-refractivity contribution in [2.24, 2.45) is 5.92 Å². The van der Waals surface area contributed by atoms with Crippen LogP contribution in [0.4, 0.5) is 0 Å². The molecule has 0 radical (unpaired) electrons. The lowest BCUT2D eigenvalue weighted by molar-refractivity contribution is -0.144. The minimum atomic E-state index is -0.430. The first kappa shape index (κ1) is 21.7. The average molecular weight is 389 g/mol. The molecule has 7 nitrogen and oxygen atoms in total. The average Bonchev–Trinajstić information content (AvgIpc) is 2.70. The van der Waals surface area contributed by atoms with Crippen LogP contribution in [0, 0.1) is 5.92 Å². The maximum absolute atomic E-state index is 13.0. The molecular weight excluding hydrogens is 358 g/mol. The van der Waals surface area contributed by atoms with Crippen LogP contribution in [-0.4, -0.2) is 61.8 Å². The van der Waals surface area contributed by atoms with Gasteiger partial charge in [-0.1, -0.05) is 31.5 Å². The van der Waals surface area contributed by atoms with Gasteiger partial charge in [-0.15, -0.1) is 0 Å². The summed E-state index contributed by atoms with van der Waals surface area (Å²) in [6.07, 6.45) is 2.60. The van der Waals surface area contributed by atoms with Crippen LogP contribution in [0.2, 0.25) is 0 Å². The number of para-hydroxylation sites is 1. The third kappa shape index (κ3) is 5.03. The molecule has 2 atom stereocenters. The van der Waals surface area contributed by atoms with Gasteiger partial charge in [0.25, 0.3) is 0 Å². The highest BCUT2D eigenvalue weighted by Gasteiger charge is 2.41. The number of ether oxygens (including phenoxy) is 1. The summed E-state index contributed by atoms with van der Waals surface area (Å²) in [6, 6.07) is 7.11. The Morgan fingerprint density at radius 3 is 2.64 bits per heavy atom. The minimum Gasteiger partial charge on any atom is -0.496 e. The summed E-state index contributed by atoms with van der Waals surface area (Å²) in [6.45, 7) is 2.62. The summed E-state index contributed by atoms with van der Waals surface area (Å²) >= 11 is 0. The Balaban J connectivity index is 2.34. The first-order valence-electron chi connectivity index (χ1n) is 9.80. The van der Waals surface area contributed by atoms with Gasteiger partial charge in [0.2, 0.25) is 17.7 Å². The van der Waals surface area contributed by atoms with Gasteiger partial charge in [0.05, 0.1) is 25.6 Å². The standard InChI is InChI=1S/C21H31N3O4/c1-5-6-13-24-18(25)12-11-16(21(27)22-14-19(26)23(2)3)20(24)15-9-7-8-10-17(15)28-4/h7-10,16,20H,5-6,11-14H2,1-4H3,(H,22,27)/t16-,20+/m0/s1. The molecule has 28 heavy (non-hydrogen) atoms. The molecule has 0 spiro atoms. The maximum atomic E-state index is 13.0. The van der Waals surface area contributed by atoms with Gasteiger partial charge in [0.1, 0.15) is 5.75 Å². The second kappa shape index (κ2) is 10.1. The van der Waals surface area contributed by atoms with Crippen molar-refractivity contribution in [1.82, 2.24) is 15.1 Å². The van der Waals surface area contributed by atoms with E-state index in [-0.39, 0.29) is 24.3 Å². The van der Waals surface area contributed by atoms with Crippen LogP contribution in [-0.2, 0) is 14.4 Å². The van der Waals surface area contributed by atoms with E-state index in [0.29, 0.717) is 25.1 Å². The van der Waals surface area contributed by atoms with Gasteiger partial charge in [-0.25, -0.2) is 0 Å². The molecule has 0 unspecified atom stereocenters. The van der Waals surface area contributed by atoms with Crippen molar-refractivity contribution in [2.45, 2.75) is 38.6 Å². The highest BCUT2D eigenvalue weighted by molar-refractivity contribution is 5.88. The highest BCUT2D eigenvalue weighted by atomic mass is 16.5. The lowest BCUT2D eigenvalue weighted by Gasteiger charge is -2.41. The quantitative estimate of drug-likeness (QED) is 0.737. The van der Waals surface area contributed by atoms with Crippen molar-refractivity contribution >= 4 is 17.7 Å². The van der Waals surface area contributed by atoms with Gasteiger partial charge in [0, 0.05) is 32.6 Å². The molecule has 1 saturated heterocycles. The summed E-state index contributed by atoms with van der Waals surface area (Å²) in [7, 11) is 4.89. The Hall–Kier alpha value is -2.57. The molecule has 1 aliphatic rings. The van der Waals surface area contributed by atoms with Gasteiger partial charge in [-0.2, -0.15) is 0 Å². The lowest BCUT2D eigenvalue weighted by Crippen LogP contribution is -2.49. The van der Waals surface area contributed by atoms with Crippen LogP contribution in [0.15, 0.2) is 24.3 Å². The molecule has 1 aromatic rings. The Bertz CT molecular complexity index is 705. The fourth-order valence-electron chi connectivity index (χ4n) is 3.57. The molecule has 0 aromatic heterocycles. The Morgan fingerprint density at radius 2 is 2.00 bits per heavy atom. The number of rotatable bonds is 8. The monoisotopic (exact) mass is 389 g/mol. The van der Waals surface area contributed by atoms with E-state index >= 15 is 0 Å². The summed E-state index contributed by atoms with van der Waals surface area (Å²) in [5.41, 5.74) is 0.827. The van der Waals surface area contributed by atoms with Crippen molar-refractivity contribution in [2.75, 3.05) is 34.3 Å². The lowest BCUT2D eigenvalue weighted by atomic mass is 9.83. The van der Waals surface area contributed by atoms with E-state index in [4.69, 9.17) is 4.74 Å². The number of nitrogens with zero attached hydrogens (tertiary/aromatic N) is 2. The molecule has 0 saturated carbocycles. The van der Waals surface area contributed by atoms with E-state index in [0.717, 1.165) is 18.4 Å². The molecule has 7 heteroatoms. The summed E-state index contributed by atoms with van der Waals surface area (Å²) in [5, 5.41) is 2.75. The van der Waals surface area contributed by atoms with E-state index in [1.165, 1.54) is 4.90 Å². The van der Waals surface area contributed by atoms with Crippen molar-refractivity contribution < 1.29 is 19.1 Å². The molecule has 0 aliphatic carbocycles. The molecule has 154 valence electrons. The Morgan fingerprint density at radius 1 is 1.29 bits per heavy atom. The van der Waals surface area contributed by atoms with Crippen molar-refractivity contribution in [3.63, 3.8) is 0 Å². The zero-order valence-electron chi connectivity index (χ0n) is 17.2. The third-order valence-corrected chi connectivity index (χ3v) is 5.17. The largest absolute Gasteiger partial charge is 0.496 e. The second-order valence-electron chi connectivity index (χ2n) is 7.28. The number of hydrogen-bond acceptors (Lipinski definition) is 4. The fourth-order valence-corrected chi connectivity index (χ4v) is 3.57. The third-order valence-electron chi connectivity index (χ3n) is 5.17. The predicted molar refractivity (Wildman–Crippen MR) is 107 cm³/mol. The summed E-state index contributed by atoms with van der Waals surface area (Å²) in [5.74, 6) is -0.0959. The van der Waals surface area contributed by atoms with Crippen LogP contribution in [0.5, 0.6) is 5.75 Å². The number of hydrogen-bond donors (Lipinski definition) is 1. The van der Waals surface area contributed by atoms with E-state index in [9.17, 15) is 14.4 Å². The number of methoxy groups -OCH3 is 1. The first-order valence-corrected chi connectivity index (χ1v) is 9.80. The number of benzene rings is 1. The topological polar surface area (TPSA) is 79.0 Å². The molecule has 1 aromatic carbocycles. The Labute approximate surface area is 167 Å². The normalized spacial score (nSPS) is 19.3. The predicted octanol–water partition coefficient (Wildman–Crippen LogP) is 1.98. The minimum absolute atomic E-state index is 0.0517. The molecule has 0 bridgehead atoms. The van der Waals surface area contributed by atoms with Crippen LogP contribution in [0.25, 0.3) is 0 Å². The van der Waals surface area contributed by atoms with Gasteiger partial charge < -0.3 is 19.9 Å². The number of carbonyl (C=O) groups excluding carboxylic acids is 3. The SMILES string of the molecule is CCCCN1C(=O)CC[C@H](C(=O)NCC(=O)N(C)C)[C@H]1c1ccccc1OC. The summed E-state index contributed by atoms with van der Waals surface area (Å²) < 4.78 is 5.51. The molecule has 1 N–H and O–H groups in total. The molecule has 1 aliphatic heterocycles. The molecule has 1 fully saturated rings. The van der Waals surface area contributed by atoms with Gasteiger partial charge in [0.15, 0.2) is 0 Å². The van der Waals surface area contributed by atoms with Crippen molar-refractivity contribution in [1.29, 1.82) is 0 Å². The van der Waals surface area contributed by atoms with Crippen LogP contribution in [0.3, 0.4) is 0 Å². The molecule has 3 amide bonds. The number of unbranched alkanes of at least 4 members (excludes halogenated alkanes) is 1. The van der Waals surface area contributed by atoms with E-state index in [1.807, 2.05) is 29.2 Å². The number of piperidine rings is 1. The number of likely N-dealkylation sites (tertiary alicyclic amines) is 1. The smallest absolute Gasteiger partial charge is 0.241 e. The number of amides is 3. The Kier molecular flexibility index (Phi) is 7.84. The summed E-state index contributed by atoms with van der Waals surface area (Å²) in [4.78, 5) is 40.8. The van der Waals surface area contributed by atoms with E-state index < -0.39 is 12.0 Å². The van der Waals surface area contributed by atoms with Crippen molar-refractivity contribution in [3.8, 4) is 5.75 Å². The van der Waals surface area contributed by atoms with E-state index in [1.54, 1.807) is 21.2 Å². The number of carbonyl (C=O) groups is 3. The van der Waals surface area contributed by atoms with E-state index in [2.05, 4.69) is 12.2 Å². The zero-order valence-corrected chi connectivity index (χ0v) is 17.2. The zero-order chi connectivity index (χ0) is 20.7.